The maximum atomic E-state index is 6.17. The number of nitrogens with zero attached hydrogens (tertiary/aromatic N) is 3. The Hall–Kier alpha value is -3.08. The minimum atomic E-state index is 0.441. The van der Waals surface area contributed by atoms with Crippen molar-refractivity contribution in [1.82, 2.24) is 9.55 Å². The lowest BCUT2D eigenvalue weighted by atomic mass is 9.90. The monoisotopic (exact) mass is 373 g/mol. The number of hydrogen-bond acceptors (Lipinski definition) is 2. The largest absolute Gasteiger partial charge is 0.370 e. The lowest BCUT2D eigenvalue weighted by molar-refractivity contribution is 0.652. The third-order valence-electron chi connectivity index (χ3n) is 5.34. The van der Waals surface area contributed by atoms with Gasteiger partial charge in [-0.1, -0.05) is 42.5 Å². The average molecular weight is 374 g/mol. The first-order valence-electron chi connectivity index (χ1n) is 10.0. The standard InChI is InChI=1S/C23H27N5/c24-23(27-21-12-6-10-19-9-4-5-11-20(19)21)26-17-22-25-14-16-28(22)15-13-18-7-2-1-3-8-18/h1-3,6-8,10,12,14,16H,4-5,9,11,13,15,17H2,(H3,24,26,27). The van der Waals surface area contributed by atoms with Crippen molar-refractivity contribution in [1.29, 1.82) is 0 Å². The van der Waals surface area contributed by atoms with E-state index in [2.05, 4.69) is 62.3 Å². The summed E-state index contributed by atoms with van der Waals surface area (Å²) in [5.74, 6) is 1.37. The second kappa shape index (κ2) is 8.74. The first-order valence-corrected chi connectivity index (χ1v) is 10.0. The third-order valence-corrected chi connectivity index (χ3v) is 5.34. The molecule has 3 aromatic rings. The first-order chi connectivity index (χ1) is 13.8. The zero-order valence-corrected chi connectivity index (χ0v) is 16.1. The minimum Gasteiger partial charge on any atom is -0.370 e. The summed E-state index contributed by atoms with van der Waals surface area (Å²) >= 11 is 0. The predicted molar refractivity (Wildman–Crippen MR) is 114 cm³/mol. The molecule has 5 heteroatoms. The van der Waals surface area contributed by atoms with Gasteiger partial charge in [0.15, 0.2) is 5.96 Å². The van der Waals surface area contributed by atoms with Gasteiger partial charge >= 0.3 is 0 Å². The lowest BCUT2D eigenvalue weighted by Crippen LogP contribution is -2.24. The van der Waals surface area contributed by atoms with Crippen LogP contribution >= 0.6 is 0 Å². The van der Waals surface area contributed by atoms with E-state index in [0.717, 1.165) is 37.3 Å². The molecule has 0 saturated carbocycles. The molecule has 1 aliphatic rings. The quantitative estimate of drug-likeness (QED) is 0.508. The number of aliphatic imine (C=N–C) groups is 1. The second-order valence-corrected chi connectivity index (χ2v) is 7.25. The van der Waals surface area contributed by atoms with Crippen molar-refractivity contribution >= 4 is 11.6 Å². The summed E-state index contributed by atoms with van der Waals surface area (Å²) in [7, 11) is 0. The SMILES string of the molecule is NC(=NCc1nccn1CCc1ccccc1)Nc1cccc2c1CCCC2. The zero-order valence-electron chi connectivity index (χ0n) is 16.1. The maximum Gasteiger partial charge on any atom is 0.193 e. The number of aromatic nitrogens is 2. The summed E-state index contributed by atoms with van der Waals surface area (Å²) in [6.45, 7) is 1.35. The average Bonchev–Trinajstić information content (AvgIpc) is 3.19. The molecular weight excluding hydrogens is 346 g/mol. The molecular formula is C23H27N5. The van der Waals surface area contributed by atoms with E-state index < -0.39 is 0 Å². The molecule has 0 unspecified atom stereocenters. The summed E-state index contributed by atoms with van der Waals surface area (Å²) < 4.78 is 2.15. The number of anilines is 1. The summed E-state index contributed by atoms with van der Waals surface area (Å²) in [6.07, 6.45) is 9.57. The van der Waals surface area contributed by atoms with Crippen molar-refractivity contribution in [2.24, 2.45) is 10.7 Å². The molecule has 5 nitrogen and oxygen atoms in total. The van der Waals surface area contributed by atoms with Crippen molar-refractivity contribution in [3.63, 3.8) is 0 Å². The zero-order chi connectivity index (χ0) is 19.2. The van der Waals surface area contributed by atoms with Crippen LogP contribution in [0.4, 0.5) is 5.69 Å². The molecule has 0 saturated heterocycles. The van der Waals surface area contributed by atoms with E-state index in [1.807, 2.05) is 18.5 Å². The molecule has 4 rings (SSSR count). The maximum absolute atomic E-state index is 6.17. The third kappa shape index (κ3) is 4.42. The normalized spacial score (nSPS) is 13.9. The fraction of sp³-hybridized carbons (Fsp3) is 0.304. The Labute approximate surface area is 166 Å². The Balaban J connectivity index is 1.39. The number of fused-ring (bicyclic) bond motifs is 1. The van der Waals surface area contributed by atoms with Gasteiger partial charge < -0.3 is 15.6 Å². The van der Waals surface area contributed by atoms with Crippen LogP contribution in [0.3, 0.4) is 0 Å². The summed E-state index contributed by atoms with van der Waals surface area (Å²) in [4.78, 5) is 8.98. The van der Waals surface area contributed by atoms with Gasteiger partial charge in [-0.15, -0.1) is 0 Å². The Kier molecular flexibility index (Phi) is 5.71. The highest BCUT2D eigenvalue weighted by Gasteiger charge is 2.13. The van der Waals surface area contributed by atoms with Crippen molar-refractivity contribution in [3.8, 4) is 0 Å². The van der Waals surface area contributed by atoms with Crippen LogP contribution in [0.25, 0.3) is 0 Å². The fourth-order valence-corrected chi connectivity index (χ4v) is 3.82. The van der Waals surface area contributed by atoms with Gasteiger partial charge in [0.25, 0.3) is 0 Å². The molecule has 0 bridgehead atoms. The van der Waals surface area contributed by atoms with Gasteiger partial charge in [0, 0.05) is 24.6 Å². The van der Waals surface area contributed by atoms with Crippen molar-refractivity contribution < 1.29 is 0 Å². The molecule has 28 heavy (non-hydrogen) atoms. The van der Waals surface area contributed by atoms with Crippen LogP contribution < -0.4 is 11.1 Å². The molecule has 0 fully saturated rings. The molecule has 1 heterocycles. The number of nitrogens with one attached hydrogen (secondary N) is 1. The van der Waals surface area contributed by atoms with Crippen LogP contribution in [0.2, 0.25) is 0 Å². The van der Waals surface area contributed by atoms with E-state index in [9.17, 15) is 0 Å². The molecule has 1 aliphatic carbocycles. The Morgan fingerprint density at radius 3 is 2.82 bits per heavy atom. The number of rotatable bonds is 6. The molecule has 3 N–H and O–H groups in total. The molecule has 0 atom stereocenters. The molecule has 0 spiro atoms. The Morgan fingerprint density at radius 1 is 1.07 bits per heavy atom. The van der Waals surface area contributed by atoms with Gasteiger partial charge in [-0.3, -0.25) is 0 Å². The Morgan fingerprint density at radius 2 is 1.93 bits per heavy atom. The molecule has 0 radical (unpaired) electrons. The fourth-order valence-electron chi connectivity index (χ4n) is 3.82. The summed E-state index contributed by atoms with van der Waals surface area (Å²) in [5, 5.41) is 3.30. The van der Waals surface area contributed by atoms with Crippen LogP contribution in [0.1, 0.15) is 35.4 Å². The molecule has 0 aliphatic heterocycles. The second-order valence-electron chi connectivity index (χ2n) is 7.25. The number of guanidine groups is 1. The molecule has 1 aromatic heterocycles. The van der Waals surface area contributed by atoms with Crippen molar-refractivity contribution in [3.05, 3.63) is 83.4 Å². The van der Waals surface area contributed by atoms with Gasteiger partial charge in [-0.2, -0.15) is 0 Å². The van der Waals surface area contributed by atoms with Crippen molar-refractivity contribution in [2.75, 3.05) is 5.32 Å². The van der Waals surface area contributed by atoms with Gasteiger partial charge in [0.1, 0.15) is 12.4 Å². The van der Waals surface area contributed by atoms with E-state index in [1.165, 1.54) is 29.5 Å². The summed E-state index contributed by atoms with van der Waals surface area (Å²) in [6, 6.07) is 16.9. The minimum absolute atomic E-state index is 0.441. The van der Waals surface area contributed by atoms with Crippen molar-refractivity contribution in [2.45, 2.75) is 45.2 Å². The van der Waals surface area contributed by atoms with Crippen LogP contribution in [-0.2, 0) is 32.4 Å². The smallest absolute Gasteiger partial charge is 0.193 e. The van der Waals surface area contributed by atoms with Crippen LogP contribution in [0.15, 0.2) is 65.9 Å². The van der Waals surface area contributed by atoms with Gasteiger partial charge in [-0.05, 0) is 54.9 Å². The number of imidazole rings is 1. The van der Waals surface area contributed by atoms with E-state index >= 15 is 0 Å². The van der Waals surface area contributed by atoms with E-state index in [0.29, 0.717) is 12.5 Å². The highest BCUT2D eigenvalue weighted by Crippen LogP contribution is 2.27. The van der Waals surface area contributed by atoms with E-state index in [1.54, 1.807) is 0 Å². The number of benzene rings is 2. The van der Waals surface area contributed by atoms with E-state index in [-0.39, 0.29) is 0 Å². The van der Waals surface area contributed by atoms with Gasteiger partial charge in [-0.25, -0.2) is 9.98 Å². The van der Waals surface area contributed by atoms with E-state index in [4.69, 9.17) is 5.73 Å². The molecule has 144 valence electrons. The summed E-state index contributed by atoms with van der Waals surface area (Å²) in [5.41, 5.74) is 11.4. The first kappa shape index (κ1) is 18.3. The predicted octanol–water partition coefficient (Wildman–Crippen LogP) is 3.93. The van der Waals surface area contributed by atoms with Crippen LogP contribution in [0, 0.1) is 0 Å². The molecule has 2 aromatic carbocycles. The Bertz CT molecular complexity index is 943. The number of nitrogens with two attached hydrogens (primary N) is 1. The number of aryl methyl sites for hydroxylation is 3. The van der Waals surface area contributed by atoms with Crippen LogP contribution in [0.5, 0.6) is 0 Å². The van der Waals surface area contributed by atoms with Crippen LogP contribution in [-0.4, -0.2) is 15.5 Å². The van der Waals surface area contributed by atoms with Gasteiger partial charge in [0.2, 0.25) is 0 Å². The van der Waals surface area contributed by atoms with Gasteiger partial charge in [0.05, 0.1) is 0 Å². The topological polar surface area (TPSA) is 68.2 Å². The molecule has 0 amide bonds. The highest BCUT2D eigenvalue weighted by molar-refractivity contribution is 5.93. The lowest BCUT2D eigenvalue weighted by Gasteiger charge is -2.19. The highest BCUT2D eigenvalue weighted by atomic mass is 15.1. The number of hydrogen-bond donors (Lipinski definition) is 2.